The summed E-state index contributed by atoms with van der Waals surface area (Å²) in [5.74, 6) is -0.0693. The minimum absolute atomic E-state index is 0.0693. The van der Waals surface area contributed by atoms with E-state index < -0.39 is 10.0 Å². The molecule has 1 N–H and O–H groups in total. The summed E-state index contributed by atoms with van der Waals surface area (Å²) in [5.41, 5.74) is 2.59. The maximum absolute atomic E-state index is 12.5. The van der Waals surface area contributed by atoms with Crippen LogP contribution in [0.3, 0.4) is 0 Å². The molecule has 4 nitrogen and oxygen atoms in total. The molecule has 0 heterocycles. The molecule has 0 unspecified atom stereocenters. The summed E-state index contributed by atoms with van der Waals surface area (Å²) in [7, 11) is -2.17. The molecule has 0 bridgehead atoms. The zero-order chi connectivity index (χ0) is 14.9. The van der Waals surface area contributed by atoms with Crippen LogP contribution in [0.25, 0.3) is 0 Å². The molecule has 0 fully saturated rings. The molecule has 2 rings (SSSR count). The Morgan fingerprint density at radius 2 is 1.75 bits per heavy atom. The van der Waals surface area contributed by atoms with Crippen molar-refractivity contribution >= 4 is 15.7 Å². The van der Waals surface area contributed by atoms with E-state index in [9.17, 15) is 13.5 Å². The van der Waals surface area contributed by atoms with Crippen molar-refractivity contribution in [1.29, 1.82) is 0 Å². The fourth-order valence-corrected chi connectivity index (χ4v) is 3.39. The molecule has 0 aliphatic rings. The lowest BCUT2D eigenvalue weighted by Gasteiger charge is -2.21. The topological polar surface area (TPSA) is 57.6 Å². The number of benzene rings is 2. The van der Waals surface area contributed by atoms with Gasteiger partial charge in [0.2, 0.25) is 0 Å². The molecule has 2 aromatic rings. The van der Waals surface area contributed by atoms with Crippen molar-refractivity contribution in [3.63, 3.8) is 0 Å². The van der Waals surface area contributed by atoms with Gasteiger partial charge in [-0.2, -0.15) is 0 Å². The SMILES string of the molecule is Cc1ccc(N(C)S(=O)(=O)c2cccc(O)c2)c(C)c1. The molecule has 5 heteroatoms. The Hall–Kier alpha value is -2.01. The summed E-state index contributed by atoms with van der Waals surface area (Å²) >= 11 is 0. The summed E-state index contributed by atoms with van der Waals surface area (Å²) < 4.78 is 26.3. The highest BCUT2D eigenvalue weighted by molar-refractivity contribution is 7.92. The van der Waals surface area contributed by atoms with Crippen molar-refractivity contribution in [1.82, 2.24) is 0 Å². The summed E-state index contributed by atoms with van der Waals surface area (Å²) in [6, 6.07) is 11.3. The van der Waals surface area contributed by atoms with Gasteiger partial charge in [-0.1, -0.05) is 23.8 Å². The average molecular weight is 291 g/mol. The molecular formula is C15H17NO3S. The van der Waals surface area contributed by atoms with Crippen LogP contribution in [-0.2, 0) is 10.0 Å². The standard InChI is InChI=1S/C15H17NO3S/c1-11-7-8-15(12(2)9-11)16(3)20(18,19)14-6-4-5-13(17)10-14/h4-10,17H,1-3H3. The van der Waals surface area contributed by atoms with Crippen LogP contribution in [0.4, 0.5) is 5.69 Å². The highest BCUT2D eigenvalue weighted by Crippen LogP contribution is 2.27. The Kier molecular flexibility index (Phi) is 3.72. The molecule has 0 radical (unpaired) electrons. The van der Waals surface area contributed by atoms with Gasteiger partial charge in [0.05, 0.1) is 10.6 Å². The van der Waals surface area contributed by atoms with Gasteiger partial charge in [0.25, 0.3) is 10.0 Å². The van der Waals surface area contributed by atoms with Crippen LogP contribution >= 0.6 is 0 Å². The summed E-state index contributed by atoms with van der Waals surface area (Å²) in [6.45, 7) is 3.83. The maximum atomic E-state index is 12.5. The number of rotatable bonds is 3. The summed E-state index contributed by atoms with van der Waals surface area (Å²) in [4.78, 5) is 0.0694. The van der Waals surface area contributed by atoms with Gasteiger partial charge in [-0.25, -0.2) is 8.42 Å². The van der Waals surface area contributed by atoms with Crippen LogP contribution in [-0.4, -0.2) is 20.6 Å². The molecule has 0 aromatic heterocycles. The van der Waals surface area contributed by atoms with Gasteiger partial charge in [0, 0.05) is 13.1 Å². The normalized spacial score (nSPS) is 11.3. The van der Waals surface area contributed by atoms with E-state index in [4.69, 9.17) is 0 Å². The fourth-order valence-electron chi connectivity index (χ4n) is 2.09. The number of aromatic hydroxyl groups is 1. The molecule has 0 amide bonds. The van der Waals surface area contributed by atoms with Gasteiger partial charge in [0.15, 0.2) is 0 Å². The highest BCUT2D eigenvalue weighted by Gasteiger charge is 2.22. The lowest BCUT2D eigenvalue weighted by molar-refractivity contribution is 0.473. The monoisotopic (exact) mass is 291 g/mol. The summed E-state index contributed by atoms with van der Waals surface area (Å²) in [6.07, 6.45) is 0. The van der Waals surface area contributed by atoms with Crippen LogP contribution in [0.1, 0.15) is 11.1 Å². The van der Waals surface area contributed by atoms with Crippen LogP contribution in [0.15, 0.2) is 47.4 Å². The zero-order valence-corrected chi connectivity index (χ0v) is 12.5. The van der Waals surface area contributed by atoms with Crippen LogP contribution in [0.5, 0.6) is 5.75 Å². The number of sulfonamides is 1. The molecule has 20 heavy (non-hydrogen) atoms. The van der Waals surface area contributed by atoms with Gasteiger partial charge in [0.1, 0.15) is 5.75 Å². The molecule has 0 aliphatic carbocycles. The zero-order valence-electron chi connectivity index (χ0n) is 11.7. The second kappa shape index (κ2) is 5.17. The number of phenols is 1. The number of anilines is 1. The largest absolute Gasteiger partial charge is 0.508 e. The molecule has 106 valence electrons. The number of hydrogen-bond acceptors (Lipinski definition) is 3. The van der Waals surface area contributed by atoms with Crippen molar-refractivity contribution in [3.05, 3.63) is 53.6 Å². The second-order valence-electron chi connectivity index (χ2n) is 4.76. The van der Waals surface area contributed by atoms with E-state index in [1.54, 1.807) is 6.07 Å². The first kappa shape index (κ1) is 14.4. The Bertz CT molecular complexity index is 739. The first-order valence-electron chi connectivity index (χ1n) is 6.17. The van der Waals surface area contributed by atoms with E-state index in [0.717, 1.165) is 11.1 Å². The predicted octanol–water partition coefficient (Wildman–Crippen LogP) is 2.83. The third-order valence-electron chi connectivity index (χ3n) is 3.17. The van der Waals surface area contributed by atoms with E-state index in [-0.39, 0.29) is 10.6 Å². The lowest BCUT2D eigenvalue weighted by atomic mass is 10.1. The van der Waals surface area contributed by atoms with Crippen molar-refractivity contribution in [2.45, 2.75) is 18.7 Å². The molecule has 0 saturated heterocycles. The Morgan fingerprint density at radius 1 is 1.05 bits per heavy atom. The van der Waals surface area contributed by atoms with Gasteiger partial charge in [-0.05, 0) is 37.6 Å². The fraction of sp³-hybridized carbons (Fsp3) is 0.200. The minimum Gasteiger partial charge on any atom is -0.508 e. The quantitative estimate of drug-likeness (QED) is 0.946. The van der Waals surface area contributed by atoms with E-state index >= 15 is 0 Å². The van der Waals surface area contributed by atoms with Crippen LogP contribution in [0, 0.1) is 13.8 Å². The van der Waals surface area contributed by atoms with Crippen molar-refractivity contribution < 1.29 is 13.5 Å². The Balaban J connectivity index is 2.49. The lowest BCUT2D eigenvalue weighted by Crippen LogP contribution is -2.27. The average Bonchev–Trinajstić information content (AvgIpc) is 2.38. The highest BCUT2D eigenvalue weighted by atomic mass is 32.2. The maximum Gasteiger partial charge on any atom is 0.264 e. The van der Waals surface area contributed by atoms with Crippen molar-refractivity contribution in [2.75, 3.05) is 11.4 Å². The first-order chi connectivity index (χ1) is 9.32. The summed E-state index contributed by atoms with van der Waals surface area (Å²) in [5, 5.41) is 9.44. The van der Waals surface area contributed by atoms with Crippen molar-refractivity contribution in [3.8, 4) is 5.75 Å². The van der Waals surface area contributed by atoms with E-state index in [0.29, 0.717) is 5.69 Å². The molecular weight excluding hydrogens is 274 g/mol. The molecule has 0 spiro atoms. The predicted molar refractivity (Wildman–Crippen MR) is 79.6 cm³/mol. The third kappa shape index (κ3) is 2.63. The first-order valence-corrected chi connectivity index (χ1v) is 7.61. The number of aryl methyl sites for hydroxylation is 2. The van der Waals surface area contributed by atoms with Gasteiger partial charge >= 0.3 is 0 Å². The molecule has 0 atom stereocenters. The van der Waals surface area contributed by atoms with Crippen molar-refractivity contribution in [2.24, 2.45) is 0 Å². The number of hydrogen-bond donors (Lipinski definition) is 1. The molecule has 0 aliphatic heterocycles. The van der Waals surface area contributed by atoms with Gasteiger partial charge < -0.3 is 5.11 Å². The van der Waals surface area contributed by atoms with E-state index in [2.05, 4.69) is 0 Å². The third-order valence-corrected chi connectivity index (χ3v) is 4.93. The second-order valence-corrected chi connectivity index (χ2v) is 6.73. The van der Waals surface area contributed by atoms with Crippen LogP contribution in [0.2, 0.25) is 0 Å². The van der Waals surface area contributed by atoms with Gasteiger partial charge in [-0.15, -0.1) is 0 Å². The van der Waals surface area contributed by atoms with Crippen LogP contribution < -0.4 is 4.31 Å². The molecule has 0 saturated carbocycles. The van der Waals surface area contributed by atoms with Gasteiger partial charge in [-0.3, -0.25) is 4.31 Å². The Labute approximate surface area is 119 Å². The van der Waals surface area contributed by atoms with E-state index in [1.807, 2.05) is 26.0 Å². The Morgan fingerprint density at radius 3 is 2.35 bits per heavy atom. The molecule has 2 aromatic carbocycles. The number of nitrogens with zero attached hydrogens (tertiary/aromatic N) is 1. The van der Waals surface area contributed by atoms with E-state index in [1.165, 1.54) is 35.6 Å². The number of phenolic OH excluding ortho intramolecular Hbond substituents is 1. The minimum atomic E-state index is -3.68. The smallest absolute Gasteiger partial charge is 0.264 e.